The van der Waals surface area contributed by atoms with Gasteiger partial charge in [0.05, 0.1) is 22.1 Å². The van der Waals surface area contributed by atoms with E-state index in [1.807, 2.05) is 13.8 Å². The molecule has 0 bridgehead atoms. The molecule has 37 heavy (non-hydrogen) atoms. The van der Waals surface area contributed by atoms with Crippen LogP contribution in [0.15, 0.2) is 23.3 Å². The maximum atomic E-state index is 14.6. The monoisotopic (exact) mass is 514 g/mol. The Kier molecular flexibility index (Phi) is 3.61. The number of carbonyl (C=O) groups is 3. The molecule has 7 atom stereocenters. The van der Waals surface area contributed by atoms with Gasteiger partial charge in [0.25, 0.3) is 0 Å². The molecule has 5 heteroatoms. The molecule has 200 valence electrons. The molecule has 0 aliphatic heterocycles. The van der Waals surface area contributed by atoms with Crippen LogP contribution in [0.1, 0.15) is 106 Å². The van der Waals surface area contributed by atoms with Crippen LogP contribution in [0.2, 0.25) is 0 Å². The number of rotatable bonds is 1. The highest BCUT2D eigenvalue weighted by molar-refractivity contribution is 6.04. The van der Waals surface area contributed by atoms with Crippen molar-refractivity contribution in [3.05, 3.63) is 23.3 Å². The van der Waals surface area contributed by atoms with Crippen molar-refractivity contribution < 1.29 is 31.5 Å². The number of ether oxygens (including phenoxy) is 1. The highest BCUT2D eigenvalue weighted by atomic mass is 16.5. The Balaban J connectivity index is 1.74. The minimum atomic E-state index is -3.28. The van der Waals surface area contributed by atoms with Gasteiger partial charge in [-0.05, 0) is 79.1 Å². The topological polar surface area (TPSA) is 84.2 Å². The van der Waals surface area contributed by atoms with Crippen molar-refractivity contribution in [3.63, 3.8) is 0 Å². The number of nitriles is 1. The molecule has 0 aromatic carbocycles. The lowest BCUT2D eigenvalue weighted by molar-refractivity contribution is -0.191. The van der Waals surface area contributed by atoms with Crippen molar-refractivity contribution in [2.45, 2.75) is 93.3 Å². The number of carbonyl (C=O) groups excluding carboxylic acids is 3. The van der Waals surface area contributed by atoms with Crippen LogP contribution in [-0.4, -0.2) is 24.6 Å². The third-order valence-corrected chi connectivity index (χ3v) is 11.8. The van der Waals surface area contributed by atoms with Crippen LogP contribution in [0, 0.1) is 61.6 Å². The average molecular weight is 515 g/mol. The van der Waals surface area contributed by atoms with Crippen molar-refractivity contribution in [2.24, 2.45) is 50.2 Å². The molecule has 0 aromatic rings. The number of fused-ring (bicyclic) bond motifs is 7. The van der Waals surface area contributed by atoms with Crippen molar-refractivity contribution in [3.8, 4) is 6.07 Å². The smallest absolute Gasteiger partial charge is 0.312 e. The Labute approximate surface area is 234 Å². The van der Waals surface area contributed by atoms with Gasteiger partial charge < -0.3 is 4.74 Å². The molecule has 0 amide bonds. The number of esters is 1. The molecule has 5 aliphatic rings. The minimum absolute atomic E-state index is 0.0426. The van der Waals surface area contributed by atoms with Gasteiger partial charge in [-0.1, -0.05) is 60.0 Å². The van der Waals surface area contributed by atoms with Crippen LogP contribution in [0.25, 0.3) is 0 Å². The first-order valence-corrected chi connectivity index (χ1v) is 13.4. The summed E-state index contributed by atoms with van der Waals surface area (Å²) in [5.41, 5.74) is -7.35. The van der Waals surface area contributed by atoms with Gasteiger partial charge in [-0.2, -0.15) is 5.26 Å². The first kappa shape index (κ1) is 17.4. The van der Waals surface area contributed by atoms with Crippen molar-refractivity contribution in [1.29, 1.82) is 5.26 Å². The molecule has 0 saturated heterocycles. The summed E-state index contributed by atoms with van der Waals surface area (Å²) in [6.07, 6.45) is 5.35. The lowest BCUT2D eigenvalue weighted by atomic mass is 9.34. The van der Waals surface area contributed by atoms with Gasteiger partial charge in [-0.3, -0.25) is 14.4 Å². The van der Waals surface area contributed by atoms with E-state index < -0.39 is 82.9 Å². The lowest BCUT2D eigenvalue weighted by Crippen LogP contribution is -2.65. The fourth-order valence-corrected chi connectivity index (χ4v) is 9.51. The molecule has 0 N–H and O–H groups in total. The third kappa shape index (κ3) is 3.11. The fraction of sp³-hybridized carbons (Fsp3) is 0.750. The predicted octanol–water partition coefficient (Wildman–Crippen LogP) is 6.38. The first-order chi connectivity index (χ1) is 20.7. The largest absolute Gasteiger partial charge is 0.469 e. The van der Waals surface area contributed by atoms with E-state index in [4.69, 9.17) is 17.1 Å². The summed E-state index contributed by atoms with van der Waals surface area (Å²) >= 11 is 0. The first-order valence-electron chi connectivity index (χ1n) is 17.9. The second-order valence-corrected chi connectivity index (χ2v) is 13.9. The van der Waals surface area contributed by atoms with Crippen molar-refractivity contribution in [1.82, 2.24) is 0 Å². The third-order valence-electron chi connectivity index (χ3n) is 11.8. The zero-order valence-electron chi connectivity index (χ0n) is 31.4. The summed E-state index contributed by atoms with van der Waals surface area (Å²) < 4.78 is 78.6. The Morgan fingerprint density at radius 2 is 1.78 bits per heavy atom. The maximum absolute atomic E-state index is 14.6. The van der Waals surface area contributed by atoms with Gasteiger partial charge in [0.15, 0.2) is 11.6 Å². The van der Waals surface area contributed by atoms with E-state index in [1.54, 1.807) is 13.0 Å². The van der Waals surface area contributed by atoms with Gasteiger partial charge in [-0.25, -0.2) is 0 Å². The van der Waals surface area contributed by atoms with E-state index in [2.05, 4.69) is 13.8 Å². The van der Waals surface area contributed by atoms with Crippen molar-refractivity contribution in [2.75, 3.05) is 7.04 Å². The SMILES string of the molecule is [2H]C([2H])([2H])OC(=O)[C@]12CCC(C)(C)C[C@H]1[C@H]1C(=O)C=C3[C@@]4(C)C=C(C#N)C(=O)C(C([2H])([2H])[2H])(C([2H])([2H])[2H])[C@@H]4CC[C@@]3(C)[C@]1(C)CC2. The van der Waals surface area contributed by atoms with Gasteiger partial charge in [-0.15, -0.1) is 0 Å². The highest BCUT2D eigenvalue weighted by Crippen LogP contribution is 2.74. The van der Waals surface area contributed by atoms with E-state index in [1.165, 1.54) is 12.2 Å². The predicted molar refractivity (Wildman–Crippen MR) is 141 cm³/mol. The molecule has 0 radical (unpaired) electrons. The normalized spacial score (nSPS) is 50.3. The summed E-state index contributed by atoms with van der Waals surface area (Å²) in [5.74, 6) is -4.80. The highest BCUT2D eigenvalue weighted by Gasteiger charge is 2.71. The van der Waals surface area contributed by atoms with Crippen LogP contribution >= 0.6 is 0 Å². The summed E-state index contributed by atoms with van der Waals surface area (Å²) in [5, 5.41) is 10.0. The zero-order valence-corrected chi connectivity index (χ0v) is 22.4. The Bertz CT molecular complexity index is 1480. The fourth-order valence-electron chi connectivity index (χ4n) is 9.51. The summed E-state index contributed by atoms with van der Waals surface area (Å²) in [6.45, 7) is 3.21. The van der Waals surface area contributed by atoms with Gasteiger partial charge in [0.1, 0.15) is 6.07 Å². The van der Waals surface area contributed by atoms with Gasteiger partial charge in [0.2, 0.25) is 0 Å². The number of allylic oxidation sites excluding steroid dienone is 4. The molecular formula is C32H43NO4. The minimum Gasteiger partial charge on any atom is -0.469 e. The molecule has 3 fully saturated rings. The number of hydrogen-bond donors (Lipinski definition) is 0. The summed E-state index contributed by atoms with van der Waals surface area (Å²) in [7, 11) is -2.94. The molecule has 0 spiro atoms. The van der Waals surface area contributed by atoms with Crippen molar-refractivity contribution >= 4 is 17.5 Å². The van der Waals surface area contributed by atoms with E-state index >= 15 is 0 Å². The lowest BCUT2D eigenvalue weighted by Gasteiger charge is -2.68. The van der Waals surface area contributed by atoms with E-state index in [9.17, 15) is 19.6 Å². The van der Waals surface area contributed by atoms with E-state index in [-0.39, 0.29) is 30.5 Å². The second-order valence-electron chi connectivity index (χ2n) is 13.9. The average Bonchev–Trinajstić information content (AvgIpc) is 2.87. The molecule has 0 aromatic heterocycles. The van der Waals surface area contributed by atoms with E-state index in [0.29, 0.717) is 31.3 Å². The molecule has 0 unspecified atom stereocenters. The second kappa shape index (κ2) is 7.67. The molecule has 5 aliphatic carbocycles. The van der Waals surface area contributed by atoms with Gasteiger partial charge >= 0.3 is 5.97 Å². The zero-order chi connectivity index (χ0) is 34.9. The van der Waals surface area contributed by atoms with E-state index in [0.717, 1.165) is 0 Å². The number of ketones is 2. The molecule has 5 rings (SSSR count). The van der Waals surface area contributed by atoms with Crippen LogP contribution in [0.3, 0.4) is 0 Å². The standard InChI is InChI=1S/C32H43NO4/c1-27(2)11-13-32(26(36)37-8)14-12-31(7)24(20(32)17-27)21(34)15-23-29(5)16-19(18-33)25(35)28(3,4)22(29)9-10-30(23,31)6/h15-16,20,22,24H,9-14,17H2,1-8H3/t20-,22-,24-,29-,30+,31+,32-/m0/s1/i3D3,4D3,8D3. The number of Topliss-reactive ketones (excluding diaryl/α,β-unsaturated/α-hetero) is 1. The van der Waals surface area contributed by atoms with Crippen LogP contribution in [0.4, 0.5) is 0 Å². The maximum Gasteiger partial charge on any atom is 0.312 e. The van der Waals surface area contributed by atoms with Crippen LogP contribution in [0.5, 0.6) is 0 Å². The Hall–Kier alpha value is -2.22. The number of hydrogen-bond acceptors (Lipinski definition) is 5. The Morgan fingerprint density at radius 3 is 2.43 bits per heavy atom. The quantitative estimate of drug-likeness (QED) is 0.379. The number of methoxy groups -OCH3 is 1. The summed E-state index contributed by atoms with van der Waals surface area (Å²) in [4.78, 5) is 42.2. The molecule has 0 heterocycles. The van der Waals surface area contributed by atoms with Gasteiger partial charge in [0, 0.05) is 25.0 Å². The molecular weight excluding hydrogens is 462 g/mol. The molecule has 3 saturated carbocycles. The summed E-state index contributed by atoms with van der Waals surface area (Å²) in [6, 6.07) is 1.78. The van der Waals surface area contributed by atoms with Crippen LogP contribution in [-0.2, 0) is 19.1 Å². The molecule has 5 nitrogen and oxygen atoms in total. The Morgan fingerprint density at radius 1 is 1.08 bits per heavy atom. The number of nitrogens with zero attached hydrogens (tertiary/aromatic N) is 1. The van der Waals surface area contributed by atoms with Crippen LogP contribution < -0.4 is 0 Å².